The molecule has 0 spiro atoms. The van der Waals surface area contributed by atoms with Crippen LogP contribution in [0.1, 0.15) is 27.2 Å². The van der Waals surface area contributed by atoms with Crippen LogP contribution in [0.5, 0.6) is 0 Å². The summed E-state index contributed by atoms with van der Waals surface area (Å²) in [7, 11) is -2.56. The van der Waals surface area contributed by atoms with E-state index in [9.17, 15) is 17.8 Å². The second-order valence-electron chi connectivity index (χ2n) is 5.81. The maximum atomic E-state index is 11.9. The summed E-state index contributed by atoms with van der Waals surface area (Å²) >= 11 is 1.61. The largest absolute Gasteiger partial charge is 0.747 e. The van der Waals surface area contributed by atoms with Crippen LogP contribution in [-0.4, -0.2) is 71.3 Å². The van der Waals surface area contributed by atoms with Gasteiger partial charge in [-0.1, -0.05) is 0 Å². The molecule has 0 saturated heterocycles. The van der Waals surface area contributed by atoms with Crippen molar-refractivity contribution in [3.63, 3.8) is 0 Å². The van der Waals surface area contributed by atoms with E-state index in [1.54, 1.807) is 40.0 Å². The Kier molecular flexibility index (Phi) is 10.0. The first kappa shape index (κ1) is 23.8. The van der Waals surface area contributed by atoms with Crippen molar-refractivity contribution in [2.24, 2.45) is 0 Å². The van der Waals surface area contributed by atoms with Crippen LogP contribution in [0.3, 0.4) is 0 Å². The zero-order chi connectivity index (χ0) is 19.0. The minimum absolute atomic E-state index is 0.252. The number of nitrogens with one attached hydrogen (secondary N) is 1. The summed E-state index contributed by atoms with van der Waals surface area (Å²) in [6.07, 6.45) is 0.827. The van der Waals surface area contributed by atoms with Crippen LogP contribution in [0.15, 0.2) is 0 Å². The van der Waals surface area contributed by atoms with Crippen molar-refractivity contribution in [2.75, 3.05) is 32.8 Å². The molecule has 0 aromatic rings. The Hall–Kier alpha value is -0.173. The van der Waals surface area contributed by atoms with Crippen molar-refractivity contribution >= 4 is 36.6 Å². The highest BCUT2D eigenvalue weighted by Gasteiger charge is 2.37. The van der Waals surface area contributed by atoms with Gasteiger partial charge in [0.25, 0.3) is 0 Å². The van der Waals surface area contributed by atoms with Crippen LogP contribution < -0.4 is 5.32 Å². The average Bonchev–Trinajstić information content (AvgIpc) is 2.50. The molecule has 1 unspecified atom stereocenters. The quantitative estimate of drug-likeness (QED) is 0.290. The minimum atomic E-state index is -4.71. The molecule has 0 aliphatic rings. The highest BCUT2D eigenvalue weighted by atomic mass is 32.2. The Morgan fingerprint density at radius 2 is 1.75 bits per heavy atom. The zero-order valence-electron chi connectivity index (χ0n) is 15.1. The van der Waals surface area contributed by atoms with Gasteiger partial charge in [0, 0.05) is 39.2 Å². The van der Waals surface area contributed by atoms with Gasteiger partial charge in [-0.2, -0.15) is 11.8 Å². The van der Waals surface area contributed by atoms with Gasteiger partial charge in [-0.15, -0.1) is 0 Å². The summed E-state index contributed by atoms with van der Waals surface area (Å²) in [5.41, 5.74) is 0. The topological polar surface area (TPSA) is 114 Å². The number of thioether (sulfide) groups is 1. The standard InChI is InChI=1S/C13H29NO7S2Si/c1-11(14-12(15)13(2,3)23(16,17)18)10-22-8-7-9-24(19-4,20-5)21-6/h11H,7-10H2,1-6H3,(H,14,15)(H,16,17,18)/p-1. The molecule has 144 valence electrons. The van der Waals surface area contributed by atoms with E-state index < -0.39 is 29.6 Å². The smallest absolute Gasteiger partial charge is 0.500 e. The van der Waals surface area contributed by atoms with Crippen LogP contribution in [0.4, 0.5) is 0 Å². The molecule has 1 N–H and O–H groups in total. The molecule has 0 aliphatic carbocycles. The lowest BCUT2D eigenvalue weighted by molar-refractivity contribution is -0.123. The van der Waals surface area contributed by atoms with E-state index in [1.807, 2.05) is 0 Å². The van der Waals surface area contributed by atoms with Crippen molar-refractivity contribution < 1.29 is 31.0 Å². The lowest BCUT2D eigenvalue weighted by atomic mass is 10.2. The number of rotatable bonds is 12. The van der Waals surface area contributed by atoms with Crippen LogP contribution in [0.25, 0.3) is 0 Å². The lowest BCUT2D eigenvalue weighted by Crippen LogP contribution is -2.51. The maximum absolute atomic E-state index is 11.9. The third kappa shape index (κ3) is 6.98. The first-order chi connectivity index (χ1) is 11.0. The minimum Gasteiger partial charge on any atom is -0.747 e. The lowest BCUT2D eigenvalue weighted by Gasteiger charge is -2.28. The summed E-state index contributed by atoms with van der Waals surface area (Å²) in [4.78, 5) is 11.9. The monoisotopic (exact) mass is 402 g/mol. The van der Waals surface area contributed by atoms with E-state index in [0.29, 0.717) is 11.8 Å². The fourth-order valence-corrected chi connectivity index (χ4v) is 4.98. The molecule has 0 fully saturated rings. The molecule has 0 heterocycles. The van der Waals surface area contributed by atoms with Gasteiger partial charge in [-0.3, -0.25) is 4.79 Å². The third-order valence-corrected chi connectivity index (χ3v) is 9.20. The molecule has 24 heavy (non-hydrogen) atoms. The van der Waals surface area contributed by atoms with Crippen molar-refractivity contribution in [3.8, 4) is 0 Å². The fraction of sp³-hybridized carbons (Fsp3) is 0.923. The van der Waals surface area contributed by atoms with Crippen molar-refractivity contribution in [2.45, 2.75) is 44.0 Å². The molecule has 0 saturated carbocycles. The number of carbonyl (C=O) groups excluding carboxylic acids is 1. The van der Waals surface area contributed by atoms with Gasteiger partial charge >= 0.3 is 8.80 Å². The van der Waals surface area contributed by atoms with E-state index in [0.717, 1.165) is 26.0 Å². The third-order valence-electron chi connectivity index (χ3n) is 3.62. The van der Waals surface area contributed by atoms with Crippen molar-refractivity contribution in [1.82, 2.24) is 5.32 Å². The van der Waals surface area contributed by atoms with E-state index in [2.05, 4.69) is 5.32 Å². The van der Waals surface area contributed by atoms with Gasteiger partial charge in [-0.05, 0) is 32.9 Å². The number of carbonyl (C=O) groups is 1. The van der Waals surface area contributed by atoms with Crippen molar-refractivity contribution in [1.29, 1.82) is 0 Å². The Bertz CT molecular complexity index is 486. The van der Waals surface area contributed by atoms with E-state index in [1.165, 1.54) is 0 Å². The van der Waals surface area contributed by atoms with Crippen LogP contribution >= 0.6 is 11.8 Å². The Morgan fingerprint density at radius 1 is 1.25 bits per heavy atom. The van der Waals surface area contributed by atoms with Gasteiger partial charge in [0.15, 0.2) is 0 Å². The van der Waals surface area contributed by atoms with Gasteiger partial charge in [0.2, 0.25) is 5.91 Å². The van der Waals surface area contributed by atoms with Crippen LogP contribution in [-0.2, 0) is 28.2 Å². The molecule has 0 aromatic heterocycles. The first-order valence-corrected chi connectivity index (χ1v) is 11.9. The predicted molar refractivity (Wildman–Crippen MR) is 94.9 cm³/mol. The van der Waals surface area contributed by atoms with Gasteiger partial charge in [-0.25, -0.2) is 8.42 Å². The average molecular weight is 403 g/mol. The second-order valence-corrected chi connectivity index (χ2v) is 12.0. The first-order valence-electron chi connectivity index (χ1n) is 7.45. The summed E-state index contributed by atoms with van der Waals surface area (Å²) in [6, 6.07) is 0.434. The van der Waals surface area contributed by atoms with E-state index in [-0.39, 0.29) is 6.04 Å². The molecule has 8 nitrogen and oxygen atoms in total. The number of hydrogen-bond acceptors (Lipinski definition) is 8. The molecule has 0 aromatic carbocycles. The summed E-state index contributed by atoms with van der Waals surface area (Å²) in [5.74, 6) is 0.631. The normalized spacial score (nSPS) is 14.5. The Morgan fingerprint density at radius 3 is 2.17 bits per heavy atom. The summed E-state index contributed by atoms with van der Waals surface area (Å²) < 4.78 is 47.3. The molecule has 11 heteroatoms. The molecule has 1 amide bonds. The molecule has 0 radical (unpaired) electrons. The molecule has 1 atom stereocenters. The molecular formula is C13H28NO7S2Si-. The Labute approximate surface area is 150 Å². The molecular weight excluding hydrogens is 374 g/mol. The molecule has 0 rings (SSSR count). The van der Waals surface area contributed by atoms with Crippen LogP contribution in [0.2, 0.25) is 6.04 Å². The molecule has 0 aliphatic heterocycles. The summed E-state index contributed by atoms with van der Waals surface area (Å²) in [6.45, 7) is 3.97. The number of hydrogen-bond donors (Lipinski definition) is 1. The van der Waals surface area contributed by atoms with Crippen LogP contribution in [0, 0.1) is 0 Å². The van der Waals surface area contributed by atoms with Gasteiger partial charge < -0.3 is 23.1 Å². The highest BCUT2D eigenvalue weighted by molar-refractivity contribution is 7.99. The SMILES string of the molecule is CO[Si](CCCSCC(C)NC(=O)C(C)(C)S(=O)(=O)[O-])(OC)OC. The Balaban J connectivity index is 4.21. The molecule has 0 bridgehead atoms. The second kappa shape index (κ2) is 10.1. The van der Waals surface area contributed by atoms with E-state index in [4.69, 9.17) is 13.3 Å². The summed E-state index contributed by atoms with van der Waals surface area (Å²) in [5, 5.41) is 2.56. The van der Waals surface area contributed by atoms with Gasteiger partial charge in [0.1, 0.15) is 14.9 Å². The highest BCUT2D eigenvalue weighted by Crippen LogP contribution is 2.18. The zero-order valence-corrected chi connectivity index (χ0v) is 17.7. The maximum Gasteiger partial charge on any atom is 0.500 e. The van der Waals surface area contributed by atoms with E-state index >= 15 is 0 Å². The van der Waals surface area contributed by atoms with Gasteiger partial charge in [0.05, 0.1) is 0 Å². The fourth-order valence-electron chi connectivity index (χ4n) is 1.76. The number of amides is 1. The predicted octanol–water partition coefficient (Wildman–Crippen LogP) is 0.816. The van der Waals surface area contributed by atoms with Crippen molar-refractivity contribution in [3.05, 3.63) is 0 Å².